The maximum atomic E-state index is 13.4. The second-order valence-electron chi connectivity index (χ2n) is 4.36. The molecule has 0 spiro atoms. The predicted molar refractivity (Wildman–Crippen MR) is 74.6 cm³/mol. The number of hydrogen-bond donors (Lipinski definition) is 0. The molecule has 17 heavy (non-hydrogen) atoms. The van der Waals surface area contributed by atoms with Crippen molar-refractivity contribution in [1.29, 1.82) is 0 Å². The fraction of sp³-hybridized carbons (Fsp3) is 0.364. The number of hydrogen-bond acceptors (Lipinski definition) is 2. The van der Waals surface area contributed by atoms with Crippen LogP contribution in [0.5, 0.6) is 0 Å². The van der Waals surface area contributed by atoms with Gasteiger partial charge >= 0.3 is 0 Å². The van der Waals surface area contributed by atoms with E-state index in [0.717, 1.165) is 0 Å². The minimum atomic E-state index is -1.38. The molecule has 0 aromatic heterocycles. The summed E-state index contributed by atoms with van der Waals surface area (Å²) in [5, 5.41) is -0.0333. The fourth-order valence-electron chi connectivity index (χ4n) is 0.903. The average Bonchev–Trinajstić information content (AvgIpc) is 2.23. The zero-order chi connectivity index (χ0) is 13.2. The smallest absolute Gasteiger partial charge is 0.156 e. The Morgan fingerprint density at radius 2 is 2.06 bits per heavy atom. The minimum Gasteiger partial charge on any atom is -0.591 e. The molecule has 1 aromatic rings. The summed E-state index contributed by atoms with van der Waals surface area (Å²) >= 11 is 7.45. The van der Waals surface area contributed by atoms with Crippen molar-refractivity contribution in [2.24, 2.45) is 4.40 Å². The van der Waals surface area contributed by atoms with E-state index in [4.69, 9.17) is 11.6 Å². The molecular formula is C11H12BrClFNOS. The monoisotopic (exact) mass is 339 g/mol. The molecule has 94 valence electrons. The van der Waals surface area contributed by atoms with Crippen LogP contribution in [0.2, 0.25) is 5.02 Å². The van der Waals surface area contributed by atoms with E-state index in [1.807, 2.05) is 20.8 Å². The van der Waals surface area contributed by atoms with Crippen LogP contribution in [0.3, 0.4) is 0 Å². The standard InChI is InChI=1S/C11H12BrClFNOS/c1-11(2,3)17(16)15-6-7-4-5-8(12)10(14)9(7)13/h4-6H,1-3H3. The van der Waals surface area contributed by atoms with Crippen LogP contribution in [0.15, 0.2) is 21.0 Å². The van der Waals surface area contributed by atoms with E-state index in [9.17, 15) is 8.94 Å². The maximum Gasteiger partial charge on any atom is 0.156 e. The molecule has 6 heteroatoms. The third-order valence-electron chi connectivity index (χ3n) is 1.88. The Morgan fingerprint density at radius 3 is 2.59 bits per heavy atom. The molecule has 2 nitrogen and oxygen atoms in total. The molecule has 1 rings (SSSR count). The molecule has 0 bridgehead atoms. The first-order valence-corrected chi connectivity index (χ1v) is 7.11. The lowest BCUT2D eigenvalue weighted by molar-refractivity contribution is 0.562. The summed E-state index contributed by atoms with van der Waals surface area (Å²) in [5.41, 5.74) is 0.407. The molecule has 0 radical (unpaired) electrons. The van der Waals surface area contributed by atoms with Gasteiger partial charge in [-0.25, -0.2) is 4.39 Å². The van der Waals surface area contributed by atoms with E-state index in [1.165, 1.54) is 12.3 Å². The van der Waals surface area contributed by atoms with Crippen LogP contribution in [-0.4, -0.2) is 15.5 Å². The summed E-state index contributed by atoms with van der Waals surface area (Å²) in [6.45, 7) is 5.43. The van der Waals surface area contributed by atoms with Crippen molar-refractivity contribution in [3.05, 3.63) is 33.0 Å². The van der Waals surface area contributed by atoms with Crippen LogP contribution >= 0.6 is 27.5 Å². The lowest BCUT2D eigenvalue weighted by atomic mass is 10.2. The highest BCUT2D eigenvalue weighted by molar-refractivity contribution is 9.10. The zero-order valence-corrected chi connectivity index (χ0v) is 12.8. The van der Waals surface area contributed by atoms with Gasteiger partial charge in [-0.2, -0.15) is 0 Å². The number of rotatable bonds is 2. The minimum absolute atomic E-state index is 0.0333. The van der Waals surface area contributed by atoms with Gasteiger partial charge in [0.1, 0.15) is 16.1 Å². The quantitative estimate of drug-likeness (QED) is 0.453. The van der Waals surface area contributed by atoms with Crippen LogP contribution in [0.25, 0.3) is 0 Å². The highest BCUT2D eigenvalue weighted by Crippen LogP contribution is 2.26. The van der Waals surface area contributed by atoms with Crippen molar-refractivity contribution >= 4 is 45.1 Å². The molecule has 0 saturated carbocycles. The van der Waals surface area contributed by atoms with Gasteiger partial charge < -0.3 is 4.55 Å². The van der Waals surface area contributed by atoms with Gasteiger partial charge in [0.05, 0.1) is 15.7 Å². The van der Waals surface area contributed by atoms with Gasteiger partial charge in [0.15, 0.2) is 5.82 Å². The number of nitrogens with zero attached hydrogens (tertiary/aromatic N) is 1. The van der Waals surface area contributed by atoms with Crippen molar-refractivity contribution in [3.63, 3.8) is 0 Å². The first kappa shape index (κ1) is 15.0. The van der Waals surface area contributed by atoms with Crippen LogP contribution in [0, 0.1) is 5.82 Å². The predicted octanol–water partition coefficient (Wildman–Crippen LogP) is 4.12. The normalized spacial score (nSPS) is 14.3. The third kappa shape index (κ3) is 3.95. The van der Waals surface area contributed by atoms with E-state index in [1.54, 1.807) is 6.07 Å². The van der Waals surface area contributed by atoms with Gasteiger partial charge in [0, 0.05) is 5.56 Å². The van der Waals surface area contributed by atoms with Crippen molar-refractivity contribution in [2.45, 2.75) is 25.5 Å². The summed E-state index contributed by atoms with van der Waals surface area (Å²) in [7, 11) is 0. The SMILES string of the molecule is CC(C)(C)[S+]([O-])N=Cc1ccc(Br)c(F)c1Cl. The molecule has 0 saturated heterocycles. The van der Waals surface area contributed by atoms with Gasteiger partial charge in [-0.1, -0.05) is 22.1 Å². The van der Waals surface area contributed by atoms with E-state index >= 15 is 0 Å². The number of halogens is 3. The van der Waals surface area contributed by atoms with Crippen molar-refractivity contribution in [1.82, 2.24) is 0 Å². The summed E-state index contributed by atoms with van der Waals surface area (Å²) in [4.78, 5) is 0. The Balaban J connectivity index is 2.97. The molecule has 1 aromatic carbocycles. The van der Waals surface area contributed by atoms with Gasteiger partial charge in [-0.15, -0.1) is 0 Å². The molecule has 0 amide bonds. The molecule has 0 aliphatic carbocycles. The van der Waals surface area contributed by atoms with Crippen molar-refractivity contribution in [3.8, 4) is 0 Å². The average molecular weight is 341 g/mol. The summed E-state index contributed by atoms with van der Waals surface area (Å²) in [5.74, 6) is -0.544. The van der Waals surface area contributed by atoms with E-state index in [-0.39, 0.29) is 9.50 Å². The molecule has 0 heterocycles. The lowest BCUT2D eigenvalue weighted by Crippen LogP contribution is -2.25. The Bertz CT molecular complexity index is 448. The molecule has 1 atom stereocenters. The molecule has 0 aliphatic rings. The summed E-state index contributed by atoms with van der Waals surface area (Å²) in [6.07, 6.45) is 1.33. The molecule has 0 N–H and O–H groups in total. The Morgan fingerprint density at radius 1 is 1.47 bits per heavy atom. The van der Waals surface area contributed by atoms with E-state index in [0.29, 0.717) is 5.56 Å². The van der Waals surface area contributed by atoms with Crippen LogP contribution < -0.4 is 0 Å². The third-order valence-corrected chi connectivity index (χ3v) is 4.22. The first-order valence-electron chi connectivity index (χ1n) is 4.83. The van der Waals surface area contributed by atoms with Gasteiger partial charge in [0.25, 0.3) is 0 Å². The topological polar surface area (TPSA) is 35.4 Å². The molecule has 0 aliphatic heterocycles. The van der Waals surface area contributed by atoms with Crippen molar-refractivity contribution in [2.75, 3.05) is 0 Å². The summed E-state index contributed by atoms with van der Waals surface area (Å²) in [6, 6.07) is 3.14. The van der Waals surface area contributed by atoms with Crippen molar-refractivity contribution < 1.29 is 8.94 Å². The Hall–Kier alpha value is -0.100. The van der Waals surface area contributed by atoms with Crippen LogP contribution in [0.4, 0.5) is 4.39 Å². The second kappa shape index (κ2) is 5.69. The van der Waals surface area contributed by atoms with E-state index in [2.05, 4.69) is 20.3 Å². The highest BCUT2D eigenvalue weighted by atomic mass is 79.9. The maximum absolute atomic E-state index is 13.4. The molecule has 0 fully saturated rings. The first-order chi connectivity index (χ1) is 7.73. The lowest BCUT2D eigenvalue weighted by Gasteiger charge is -2.17. The van der Waals surface area contributed by atoms with Gasteiger partial charge in [-0.05, 0) is 42.8 Å². The van der Waals surface area contributed by atoms with E-state index < -0.39 is 21.9 Å². The largest absolute Gasteiger partial charge is 0.591 e. The Kier molecular flexibility index (Phi) is 5.01. The zero-order valence-electron chi connectivity index (χ0n) is 9.63. The van der Waals surface area contributed by atoms with Gasteiger partial charge in [-0.3, -0.25) is 0 Å². The Labute approximate surface area is 117 Å². The van der Waals surface area contributed by atoms with Gasteiger partial charge in [0.2, 0.25) is 0 Å². The molecular weight excluding hydrogens is 329 g/mol. The fourth-order valence-corrected chi connectivity index (χ4v) is 2.09. The van der Waals surface area contributed by atoms with Crippen LogP contribution in [-0.2, 0) is 11.4 Å². The second-order valence-corrected chi connectivity index (χ2v) is 7.53. The molecule has 1 unspecified atom stereocenters. The highest BCUT2D eigenvalue weighted by Gasteiger charge is 2.26. The summed E-state index contributed by atoms with van der Waals surface area (Å²) < 4.78 is 28.8. The number of benzene rings is 1. The van der Waals surface area contributed by atoms with Crippen LogP contribution in [0.1, 0.15) is 26.3 Å².